The minimum Gasteiger partial charge on any atom is -0.355 e. The van der Waals surface area contributed by atoms with E-state index in [1.165, 1.54) is 12.0 Å². The van der Waals surface area contributed by atoms with Crippen molar-refractivity contribution in [3.63, 3.8) is 0 Å². The first kappa shape index (κ1) is 12.7. The van der Waals surface area contributed by atoms with Crippen molar-refractivity contribution in [1.82, 2.24) is 5.32 Å². The fourth-order valence-corrected chi connectivity index (χ4v) is 2.89. The van der Waals surface area contributed by atoms with Gasteiger partial charge in [-0.1, -0.05) is 35.7 Å². The molecule has 1 unspecified atom stereocenters. The maximum Gasteiger partial charge on any atom is 0.207 e. The summed E-state index contributed by atoms with van der Waals surface area (Å²) in [6.07, 6.45) is 4.10. The number of nitrogens with one attached hydrogen (secondary N) is 1. The van der Waals surface area contributed by atoms with Crippen LogP contribution in [0.15, 0.2) is 18.2 Å². The molecule has 1 aliphatic rings. The summed E-state index contributed by atoms with van der Waals surface area (Å²) in [7, 11) is 0. The summed E-state index contributed by atoms with van der Waals surface area (Å²) in [6.45, 7) is 2.04. The van der Waals surface area contributed by atoms with Crippen LogP contribution in [0.5, 0.6) is 0 Å². The molecule has 1 saturated carbocycles. The van der Waals surface area contributed by atoms with Crippen molar-refractivity contribution in [3.05, 3.63) is 33.8 Å². The third kappa shape index (κ3) is 2.16. The Balaban J connectivity index is 2.34. The van der Waals surface area contributed by atoms with Crippen molar-refractivity contribution in [3.8, 4) is 0 Å². The zero-order valence-electron chi connectivity index (χ0n) is 9.67. The predicted octanol–water partition coefficient (Wildman–Crippen LogP) is 3.55. The normalized spacial score (nSPS) is 19.2. The highest BCUT2D eigenvalue weighted by Gasteiger charge is 2.43. The van der Waals surface area contributed by atoms with Crippen molar-refractivity contribution < 1.29 is 4.79 Å². The molecule has 1 N–H and O–H groups in total. The van der Waals surface area contributed by atoms with Crippen LogP contribution < -0.4 is 5.32 Å². The van der Waals surface area contributed by atoms with E-state index in [2.05, 4.69) is 5.32 Å². The number of carbonyl (C=O) groups is 1. The van der Waals surface area contributed by atoms with Crippen LogP contribution in [-0.4, -0.2) is 12.5 Å². The highest BCUT2D eigenvalue weighted by Crippen LogP contribution is 2.47. The van der Waals surface area contributed by atoms with Gasteiger partial charge in [0.15, 0.2) is 0 Å². The molecule has 1 aliphatic carbocycles. The molecule has 0 radical (unpaired) electrons. The van der Waals surface area contributed by atoms with Gasteiger partial charge in [-0.3, -0.25) is 4.79 Å². The Morgan fingerprint density at radius 2 is 2.06 bits per heavy atom. The smallest absolute Gasteiger partial charge is 0.207 e. The van der Waals surface area contributed by atoms with Gasteiger partial charge in [0.25, 0.3) is 0 Å². The Morgan fingerprint density at radius 3 is 2.53 bits per heavy atom. The molecule has 0 aromatic heterocycles. The van der Waals surface area contributed by atoms with Crippen molar-refractivity contribution in [1.29, 1.82) is 0 Å². The van der Waals surface area contributed by atoms with Gasteiger partial charge in [0.1, 0.15) is 0 Å². The first-order valence-corrected chi connectivity index (χ1v) is 6.51. The molecule has 1 amide bonds. The van der Waals surface area contributed by atoms with E-state index in [0.29, 0.717) is 10.0 Å². The summed E-state index contributed by atoms with van der Waals surface area (Å²) in [5.41, 5.74) is 1.19. The second kappa shape index (κ2) is 4.87. The minimum absolute atomic E-state index is 0.0230. The van der Waals surface area contributed by atoms with E-state index in [9.17, 15) is 4.79 Å². The standard InChI is InChI=1S/C13H15Cl2NO/c1-9(16-8-17)13(5-2-6-13)10-3-4-11(14)12(15)7-10/h3-4,7-9H,2,5-6H2,1H3,(H,16,17). The molecule has 17 heavy (non-hydrogen) atoms. The van der Waals surface area contributed by atoms with Gasteiger partial charge in [0.2, 0.25) is 6.41 Å². The molecular weight excluding hydrogens is 257 g/mol. The molecule has 0 bridgehead atoms. The average molecular weight is 272 g/mol. The molecule has 1 fully saturated rings. The molecule has 92 valence electrons. The van der Waals surface area contributed by atoms with Gasteiger partial charge in [-0.25, -0.2) is 0 Å². The van der Waals surface area contributed by atoms with Crippen molar-refractivity contribution >= 4 is 29.6 Å². The van der Waals surface area contributed by atoms with Crippen LogP contribution in [-0.2, 0) is 10.2 Å². The van der Waals surface area contributed by atoms with E-state index >= 15 is 0 Å². The summed E-state index contributed by atoms with van der Waals surface area (Å²) < 4.78 is 0. The molecule has 1 atom stereocenters. The van der Waals surface area contributed by atoms with Gasteiger partial charge in [0, 0.05) is 11.5 Å². The van der Waals surface area contributed by atoms with Crippen LogP contribution in [0, 0.1) is 0 Å². The second-order valence-corrected chi connectivity index (χ2v) is 5.46. The summed E-state index contributed by atoms with van der Waals surface area (Å²) in [4.78, 5) is 10.6. The Kier molecular flexibility index (Phi) is 3.64. The van der Waals surface area contributed by atoms with Crippen LogP contribution in [0.3, 0.4) is 0 Å². The fourth-order valence-electron chi connectivity index (χ4n) is 2.60. The maximum absolute atomic E-state index is 10.6. The lowest BCUT2D eigenvalue weighted by molar-refractivity contribution is -0.110. The van der Waals surface area contributed by atoms with Crippen molar-refractivity contribution in [2.75, 3.05) is 0 Å². The van der Waals surface area contributed by atoms with Crippen molar-refractivity contribution in [2.45, 2.75) is 37.6 Å². The highest BCUT2D eigenvalue weighted by atomic mass is 35.5. The van der Waals surface area contributed by atoms with E-state index in [0.717, 1.165) is 19.3 Å². The highest BCUT2D eigenvalue weighted by molar-refractivity contribution is 6.42. The first-order chi connectivity index (χ1) is 8.10. The summed E-state index contributed by atoms with van der Waals surface area (Å²) in [5.74, 6) is 0. The van der Waals surface area contributed by atoms with Gasteiger partial charge in [-0.2, -0.15) is 0 Å². The van der Waals surface area contributed by atoms with E-state index in [1.54, 1.807) is 0 Å². The number of halogens is 2. The lowest BCUT2D eigenvalue weighted by atomic mass is 9.60. The molecule has 2 rings (SSSR count). The summed E-state index contributed by atoms with van der Waals surface area (Å²) in [5, 5.41) is 4.01. The van der Waals surface area contributed by atoms with Crippen molar-refractivity contribution in [2.24, 2.45) is 0 Å². The molecule has 4 heteroatoms. The molecule has 0 saturated heterocycles. The second-order valence-electron chi connectivity index (χ2n) is 4.64. The van der Waals surface area contributed by atoms with E-state index in [4.69, 9.17) is 23.2 Å². The monoisotopic (exact) mass is 271 g/mol. The summed E-state index contributed by atoms with van der Waals surface area (Å²) >= 11 is 12.0. The number of carbonyl (C=O) groups excluding carboxylic acids is 1. The van der Waals surface area contributed by atoms with Crippen LogP contribution in [0.4, 0.5) is 0 Å². The van der Waals surface area contributed by atoms with Gasteiger partial charge < -0.3 is 5.32 Å². The van der Waals surface area contributed by atoms with Gasteiger partial charge in [0.05, 0.1) is 10.0 Å². The molecule has 0 heterocycles. The number of hydrogen-bond acceptors (Lipinski definition) is 1. The Bertz CT molecular complexity index is 429. The maximum atomic E-state index is 10.6. The number of amides is 1. The van der Waals surface area contributed by atoms with E-state index in [1.807, 2.05) is 25.1 Å². The lowest BCUT2D eigenvalue weighted by Gasteiger charge is -2.47. The average Bonchev–Trinajstić information content (AvgIpc) is 2.22. The van der Waals surface area contributed by atoms with Crippen LogP contribution in [0.25, 0.3) is 0 Å². The minimum atomic E-state index is 0.0230. The quantitative estimate of drug-likeness (QED) is 0.834. The SMILES string of the molecule is CC(NC=O)C1(c2ccc(Cl)c(Cl)c2)CCC1. The zero-order valence-corrected chi connectivity index (χ0v) is 11.2. The lowest BCUT2D eigenvalue weighted by Crippen LogP contribution is -2.50. The van der Waals surface area contributed by atoms with Crippen LogP contribution in [0.2, 0.25) is 10.0 Å². The Labute approximate surface area is 111 Å². The third-order valence-electron chi connectivity index (χ3n) is 3.89. The van der Waals surface area contributed by atoms with Gasteiger partial charge in [-0.15, -0.1) is 0 Å². The van der Waals surface area contributed by atoms with E-state index < -0.39 is 0 Å². The molecule has 0 spiro atoms. The predicted molar refractivity (Wildman–Crippen MR) is 70.7 cm³/mol. The van der Waals surface area contributed by atoms with Gasteiger partial charge >= 0.3 is 0 Å². The van der Waals surface area contributed by atoms with Gasteiger partial charge in [-0.05, 0) is 37.5 Å². The topological polar surface area (TPSA) is 29.1 Å². The van der Waals surface area contributed by atoms with Crippen LogP contribution >= 0.6 is 23.2 Å². The zero-order chi connectivity index (χ0) is 12.5. The third-order valence-corrected chi connectivity index (χ3v) is 4.63. The first-order valence-electron chi connectivity index (χ1n) is 5.75. The molecule has 0 aliphatic heterocycles. The molecule has 1 aromatic carbocycles. The molecule has 1 aromatic rings. The number of hydrogen-bond donors (Lipinski definition) is 1. The molecule has 2 nitrogen and oxygen atoms in total. The largest absolute Gasteiger partial charge is 0.355 e. The number of benzene rings is 1. The Morgan fingerprint density at radius 1 is 1.35 bits per heavy atom. The Hall–Kier alpha value is -0.730. The summed E-state index contributed by atoms with van der Waals surface area (Å²) in [6, 6.07) is 5.88. The van der Waals surface area contributed by atoms with Crippen LogP contribution in [0.1, 0.15) is 31.7 Å². The van der Waals surface area contributed by atoms with E-state index in [-0.39, 0.29) is 11.5 Å². The molecular formula is C13H15Cl2NO. The number of rotatable bonds is 4. The fraction of sp³-hybridized carbons (Fsp3) is 0.462.